The summed E-state index contributed by atoms with van der Waals surface area (Å²) in [5.74, 6) is 0. The topological polar surface area (TPSA) is 3.24 Å². The van der Waals surface area contributed by atoms with E-state index in [1.54, 1.807) is 0 Å². The molecule has 0 saturated carbocycles. The first-order chi connectivity index (χ1) is 8.22. The molecule has 2 rings (SSSR count). The van der Waals surface area contributed by atoms with Gasteiger partial charge in [-0.1, -0.05) is 31.5 Å². The molecule has 1 saturated heterocycles. The normalized spacial score (nSPS) is 19.2. The average molecular weight is 231 g/mol. The lowest BCUT2D eigenvalue weighted by molar-refractivity contribution is 0.159. The van der Waals surface area contributed by atoms with Gasteiger partial charge >= 0.3 is 0 Å². The summed E-state index contributed by atoms with van der Waals surface area (Å²) in [6, 6.07) is 7.62. The molecule has 1 aromatic rings. The number of hydrogen-bond acceptors (Lipinski definition) is 1. The van der Waals surface area contributed by atoms with Gasteiger partial charge in [0.1, 0.15) is 0 Å². The molecule has 0 aromatic heterocycles. The van der Waals surface area contributed by atoms with Crippen LogP contribution in [0.15, 0.2) is 18.2 Å². The Morgan fingerprint density at radius 3 is 2.35 bits per heavy atom. The molecule has 0 radical (unpaired) electrons. The van der Waals surface area contributed by atoms with E-state index in [4.69, 9.17) is 0 Å². The minimum atomic E-state index is 0.634. The quantitative estimate of drug-likeness (QED) is 0.752. The van der Waals surface area contributed by atoms with Crippen molar-refractivity contribution in [3.8, 4) is 0 Å². The lowest BCUT2D eigenvalue weighted by Crippen LogP contribution is -2.33. The number of nitrogens with zero attached hydrogens (tertiary/aromatic N) is 1. The van der Waals surface area contributed by atoms with Gasteiger partial charge in [0, 0.05) is 6.04 Å². The van der Waals surface area contributed by atoms with Crippen molar-refractivity contribution >= 4 is 0 Å². The summed E-state index contributed by atoms with van der Waals surface area (Å²) in [6.07, 6.45) is 5.39. The van der Waals surface area contributed by atoms with Gasteiger partial charge in [0.15, 0.2) is 0 Å². The molecule has 0 bridgehead atoms. The van der Waals surface area contributed by atoms with E-state index in [1.807, 2.05) is 0 Å². The van der Waals surface area contributed by atoms with Crippen molar-refractivity contribution in [3.63, 3.8) is 0 Å². The summed E-state index contributed by atoms with van der Waals surface area (Å²) >= 11 is 0. The fraction of sp³-hybridized carbons (Fsp3) is 0.625. The van der Waals surface area contributed by atoms with E-state index in [1.165, 1.54) is 55.5 Å². The Morgan fingerprint density at radius 1 is 1.06 bits per heavy atom. The monoisotopic (exact) mass is 231 g/mol. The molecule has 1 fully saturated rings. The Hall–Kier alpha value is -0.820. The van der Waals surface area contributed by atoms with Crippen LogP contribution in [-0.2, 0) is 0 Å². The van der Waals surface area contributed by atoms with Gasteiger partial charge in [-0.3, -0.25) is 4.90 Å². The van der Waals surface area contributed by atoms with Crippen LogP contribution in [0.2, 0.25) is 0 Å². The van der Waals surface area contributed by atoms with E-state index in [9.17, 15) is 0 Å². The number of rotatable bonds is 3. The molecule has 0 spiro atoms. The van der Waals surface area contributed by atoms with Crippen LogP contribution in [0.4, 0.5) is 0 Å². The first-order valence-corrected chi connectivity index (χ1v) is 7.03. The number of piperidine rings is 1. The maximum atomic E-state index is 2.67. The highest BCUT2D eigenvalue weighted by Gasteiger charge is 2.20. The molecule has 0 amide bonds. The molecule has 1 atom stereocenters. The minimum Gasteiger partial charge on any atom is -0.296 e. The lowest BCUT2D eigenvalue weighted by Gasteiger charge is -2.34. The van der Waals surface area contributed by atoms with Gasteiger partial charge in [-0.25, -0.2) is 0 Å². The van der Waals surface area contributed by atoms with Crippen LogP contribution in [0.1, 0.15) is 55.3 Å². The molecule has 1 heterocycles. The molecule has 1 aliphatic heterocycles. The van der Waals surface area contributed by atoms with E-state index in [0.29, 0.717) is 6.04 Å². The second kappa shape index (κ2) is 5.68. The summed E-state index contributed by atoms with van der Waals surface area (Å²) < 4.78 is 0. The zero-order valence-corrected chi connectivity index (χ0v) is 11.5. The summed E-state index contributed by atoms with van der Waals surface area (Å²) in [5.41, 5.74) is 4.35. The van der Waals surface area contributed by atoms with Crippen LogP contribution in [0.25, 0.3) is 0 Å². The lowest BCUT2D eigenvalue weighted by atomic mass is 9.96. The molecule has 1 aromatic carbocycles. The predicted octanol–water partition coefficient (Wildman–Crippen LogP) is 4.24. The molecule has 1 aliphatic rings. The van der Waals surface area contributed by atoms with Crippen molar-refractivity contribution < 1.29 is 0 Å². The highest BCUT2D eigenvalue weighted by atomic mass is 15.2. The Balaban J connectivity index is 2.18. The summed E-state index contributed by atoms with van der Waals surface area (Å²) in [7, 11) is 0. The largest absolute Gasteiger partial charge is 0.296 e. The van der Waals surface area contributed by atoms with Gasteiger partial charge in [-0.05, 0) is 62.9 Å². The smallest absolute Gasteiger partial charge is 0.0345 e. The molecule has 1 unspecified atom stereocenters. The third-order valence-electron chi connectivity index (χ3n) is 4.13. The van der Waals surface area contributed by atoms with Crippen LogP contribution in [0.5, 0.6) is 0 Å². The van der Waals surface area contributed by atoms with E-state index in [0.717, 1.165) is 0 Å². The molecule has 94 valence electrons. The van der Waals surface area contributed by atoms with Crippen LogP contribution in [0, 0.1) is 13.8 Å². The van der Waals surface area contributed by atoms with E-state index in [-0.39, 0.29) is 0 Å². The maximum Gasteiger partial charge on any atom is 0.0345 e. The maximum absolute atomic E-state index is 2.67. The molecule has 0 N–H and O–H groups in total. The van der Waals surface area contributed by atoms with Crippen LogP contribution < -0.4 is 0 Å². The van der Waals surface area contributed by atoms with E-state index >= 15 is 0 Å². The van der Waals surface area contributed by atoms with Crippen LogP contribution in [-0.4, -0.2) is 18.0 Å². The summed E-state index contributed by atoms with van der Waals surface area (Å²) in [6.45, 7) is 9.30. The zero-order chi connectivity index (χ0) is 12.3. The molecular weight excluding hydrogens is 206 g/mol. The Bertz CT molecular complexity index is 364. The molecule has 1 heteroatoms. The van der Waals surface area contributed by atoms with Crippen LogP contribution >= 0.6 is 0 Å². The van der Waals surface area contributed by atoms with E-state index in [2.05, 4.69) is 43.9 Å². The summed E-state index contributed by atoms with van der Waals surface area (Å²) in [4.78, 5) is 2.67. The average Bonchev–Trinajstić information content (AvgIpc) is 2.36. The fourth-order valence-corrected chi connectivity index (χ4v) is 2.91. The fourth-order valence-electron chi connectivity index (χ4n) is 2.91. The second-order valence-corrected chi connectivity index (χ2v) is 5.36. The van der Waals surface area contributed by atoms with Gasteiger partial charge in [0.2, 0.25) is 0 Å². The van der Waals surface area contributed by atoms with Crippen molar-refractivity contribution in [2.45, 2.75) is 52.5 Å². The van der Waals surface area contributed by atoms with Crippen molar-refractivity contribution in [1.29, 1.82) is 0 Å². The van der Waals surface area contributed by atoms with Gasteiger partial charge < -0.3 is 0 Å². The molecule has 1 nitrogen and oxygen atoms in total. The summed E-state index contributed by atoms with van der Waals surface area (Å²) in [5, 5.41) is 0. The first-order valence-electron chi connectivity index (χ1n) is 7.03. The van der Waals surface area contributed by atoms with Gasteiger partial charge in [-0.2, -0.15) is 0 Å². The Labute approximate surface area is 106 Å². The SMILES string of the molecule is CCC(c1ccc(C)c(C)c1)N1CCCCC1. The third kappa shape index (κ3) is 2.90. The molecular formula is C16H25N. The first kappa shape index (κ1) is 12.6. The number of aryl methyl sites for hydroxylation is 2. The Morgan fingerprint density at radius 2 is 1.76 bits per heavy atom. The highest BCUT2D eigenvalue weighted by Crippen LogP contribution is 2.28. The van der Waals surface area contributed by atoms with Crippen molar-refractivity contribution in [2.24, 2.45) is 0 Å². The van der Waals surface area contributed by atoms with Gasteiger partial charge in [-0.15, -0.1) is 0 Å². The standard InChI is InChI=1S/C16H25N/c1-4-16(17-10-6-5-7-11-17)15-9-8-13(2)14(3)12-15/h8-9,12,16H,4-7,10-11H2,1-3H3. The number of hydrogen-bond donors (Lipinski definition) is 0. The van der Waals surface area contributed by atoms with Crippen molar-refractivity contribution in [3.05, 3.63) is 34.9 Å². The van der Waals surface area contributed by atoms with Gasteiger partial charge in [0.25, 0.3) is 0 Å². The molecule has 17 heavy (non-hydrogen) atoms. The van der Waals surface area contributed by atoms with E-state index < -0.39 is 0 Å². The third-order valence-corrected chi connectivity index (χ3v) is 4.13. The van der Waals surface area contributed by atoms with Gasteiger partial charge in [0.05, 0.1) is 0 Å². The minimum absolute atomic E-state index is 0.634. The number of benzene rings is 1. The second-order valence-electron chi connectivity index (χ2n) is 5.36. The van der Waals surface area contributed by atoms with Crippen molar-refractivity contribution in [2.75, 3.05) is 13.1 Å². The predicted molar refractivity (Wildman–Crippen MR) is 74.4 cm³/mol. The highest BCUT2D eigenvalue weighted by molar-refractivity contribution is 5.31. The number of likely N-dealkylation sites (tertiary alicyclic amines) is 1. The zero-order valence-electron chi connectivity index (χ0n) is 11.5. The van der Waals surface area contributed by atoms with Crippen molar-refractivity contribution in [1.82, 2.24) is 4.90 Å². The molecule has 0 aliphatic carbocycles. The van der Waals surface area contributed by atoms with Crippen LogP contribution in [0.3, 0.4) is 0 Å². The Kier molecular flexibility index (Phi) is 4.22.